The van der Waals surface area contributed by atoms with Gasteiger partial charge in [-0.1, -0.05) is 6.07 Å². The molecule has 0 fully saturated rings. The summed E-state index contributed by atoms with van der Waals surface area (Å²) >= 11 is 1.53. The van der Waals surface area contributed by atoms with Gasteiger partial charge in [-0.15, -0.1) is 11.8 Å². The number of sulfonamides is 1. The van der Waals surface area contributed by atoms with E-state index >= 15 is 0 Å². The molecule has 23 heavy (non-hydrogen) atoms. The Kier molecular flexibility index (Phi) is 4.18. The summed E-state index contributed by atoms with van der Waals surface area (Å²) in [5.74, 6) is 0.0745. The summed E-state index contributed by atoms with van der Waals surface area (Å²) < 4.78 is 32.8. The first-order valence-corrected chi connectivity index (χ1v) is 9.42. The van der Waals surface area contributed by atoms with Gasteiger partial charge in [0.15, 0.2) is 6.61 Å². The van der Waals surface area contributed by atoms with Crippen LogP contribution in [0.15, 0.2) is 52.3 Å². The molecule has 3 rings (SSSR count). The average molecular weight is 350 g/mol. The molecule has 1 heterocycles. The lowest BCUT2D eigenvalue weighted by molar-refractivity contribution is -0.118. The van der Waals surface area contributed by atoms with E-state index in [2.05, 4.69) is 10.0 Å². The molecule has 1 aliphatic heterocycles. The van der Waals surface area contributed by atoms with E-state index in [1.165, 1.54) is 30.0 Å². The molecule has 0 spiro atoms. The summed E-state index contributed by atoms with van der Waals surface area (Å²) in [6.07, 6.45) is 1.92. The highest BCUT2D eigenvalue weighted by atomic mass is 32.2. The number of carbonyl (C=O) groups excluding carboxylic acids is 1. The van der Waals surface area contributed by atoms with Gasteiger partial charge in [-0.25, -0.2) is 8.42 Å². The fraction of sp³-hybridized carbons (Fsp3) is 0.133. The zero-order chi connectivity index (χ0) is 16.4. The van der Waals surface area contributed by atoms with Crippen molar-refractivity contribution in [2.45, 2.75) is 9.79 Å². The van der Waals surface area contributed by atoms with Crippen LogP contribution >= 0.6 is 11.8 Å². The van der Waals surface area contributed by atoms with Gasteiger partial charge >= 0.3 is 0 Å². The van der Waals surface area contributed by atoms with Crippen LogP contribution in [0.4, 0.5) is 11.4 Å². The number of thioether (sulfide) groups is 1. The molecule has 0 aromatic heterocycles. The molecule has 0 radical (unpaired) electrons. The summed E-state index contributed by atoms with van der Waals surface area (Å²) in [6.45, 7) is -0.125. The Morgan fingerprint density at radius 3 is 2.83 bits per heavy atom. The number of ether oxygens (including phenoxy) is 1. The summed E-state index contributed by atoms with van der Waals surface area (Å²) in [7, 11) is -3.74. The molecule has 2 aromatic carbocycles. The van der Waals surface area contributed by atoms with E-state index in [1.54, 1.807) is 18.2 Å². The quantitative estimate of drug-likeness (QED) is 0.828. The number of rotatable bonds is 4. The molecule has 0 atom stereocenters. The van der Waals surface area contributed by atoms with Gasteiger partial charge in [0.25, 0.3) is 15.9 Å². The lowest BCUT2D eigenvalue weighted by Crippen LogP contribution is -2.25. The van der Waals surface area contributed by atoms with Crippen molar-refractivity contribution in [3.05, 3.63) is 42.5 Å². The van der Waals surface area contributed by atoms with Gasteiger partial charge in [0.1, 0.15) is 5.75 Å². The van der Waals surface area contributed by atoms with Gasteiger partial charge in [0, 0.05) is 16.6 Å². The van der Waals surface area contributed by atoms with Crippen LogP contribution < -0.4 is 14.8 Å². The summed E-state index contributed by atoms with van der Waals surface area (Å²) in [5.41, 5.74) is 0.952. The van der Waals surface area contributed by atoms with Gasteiger partial charge in [0.2, 0.25) is 0 Å². The molecular formula is C15H14N2O4S2. The van der Waals surface area contributed by atoms with Crippen LogP contribution in [-0.4, -0.2) is 27.2 Å². The van der Waals surface area contributed by atoms with Crippen molar-refractivity contribution in [3.8, 4) is 5.75 Å². The van der Waals surface area contributed by atoms with Crippen LogP contribution in [0.2, 0.25) is 0 Å². The van der Waals surface area contributed by atoms with Crippen molar-refractivity contribution in [3.63, 3.8) is 0 Å². The van der Waals surface area contributed by atoms with E-state index in [1.807, 2.05) is 12.3 Å². The van der Waals surface area contributed by atoms with Crippen LogP contribution in [-0.2, 0) is 14.8 Å². The molecule has 1 aliphatic rings. The number of amides is 1. The molecule has 0 saturated heterocycles. The minimum absolute atomic E-state index is 0.0713. The SMILES string of the molecule is CSc1cccc(NS(=O)(=O)c2ccc3c(c2)OCC(=O)N3)c1. The number of fused-ring (bicyclic) bond motifs is 1. The highest BCUT2D eigenvalue weighted by molar-refractivity contribution is 7.98. The summed E-state index contributed by atoms with van der Waals surface area (Å²) in [4.78, 5) is 12.3. The predicted molar refractivity (Wildman–Crippen MR) is 89.6 cm³/mol. The maximum atomic E-state index is 12.5. The molecule has 8 heteroatoms. The summed E-state index contributed by atoms with van der Waals surface area (Å²) in [5, 5.41) is 2.62. The molecule has 0 unspecified atom stereocenters. The van der Waals surface area contributed by atoms with Crippen LogP contribution in [0.25, 0.3) is 0 Å². The Morgan fingerprint density at radius 1 is 1.22 bits per heavy atom. The van der Waals surface area contributed by atoms with Gasteiger partial charge in [0.05, 0.1) is 10.6 Å². The van der Waals surface area contributed by atoms with Crippen molar-refractivity contribution in [2.75, 3.05) is 22.9 Å². The number of hydrogen-bond donors (Lipinski definition) is 2. The topological polar surface area (TPSA) is 84.5 Å². The lowest BCUT2D eigenvalue weighted by atomic mass is 10.2. The third kappa shape index (κ3) is 3.43. The third-order valence-corrected chi connectivity index (χ3v) is 5.32. The van der Waals surface area contributed by atoms with Crippen molar-refractivity contribution >= 4 is 39.1 Å². The van der Waals surface area contributed by atoms with Gasteiger partial charge in [-0.05, 0) is 36.6 Å². The normalized spacial score (nSPS) is 13.7. The molecule has 6 nitrogen and oxygen atoms in total. The molecule has 0 saturated carbocycles. The second kappa shape index (κ2) is 6.13. The fourth-order valence-corrected chi connectivity index (χ4v) is 3.65. The number of benzene rings is 2. The largest absolute Gasteiger partial charge is 0.482 e. The van der Waals surface area contributed by atoms with E-state index in [0.717, 1.165) is 4.90 Å². The fourth-order valence-electron chi connectivity index (χ4n) is 2.12. The van der Waals surface area contributed by atoms with E-state index in [9.17, 15) is 13.2 Å². The zero-order valence-electron chi connectivity index (χ0n) is 12.2. The first-order chi connectivity index (χ1) is 11.0. The Labute approximate surface area is 138 Å². The summed E-state index contributed by atoms with van der Waals surface area (Å²) in [6, 6.07) is 11.5. The maximum absolute atomic E-state index is 12.5. The third-order valence-electron chi connectivity index (χ3n) is 3.22. The Hall–Kier alpha value is -2.19. The smallest absolute Gasteiger partial charge is 0.262 e. The minimum atomic E-state index is -3.74. The molecule has 120 valence electrons. The molecule has 0 aliphatic carbocycles. The highest BCUT2D eigenvalue weighted by Gasteiger charge is 2.21. The van der Waals surface area contributed by atoms with Crippen molar-refractivity contribution in [1.29, 1.82) is 0 Å². The second-order valence-corrected chi connectivity index (χ2v) is 7.39. The van der Waals surface area contributed by atoms with Crippen LogP contribution in [0.5, 0.6) is 5.75 Å². The first kappa shape index (κ1) is 15.7. The highest BCUT2D eigenvalue weighted by Crippen LogP contribution is 2.31. The first-order valence-electron chi connectivity index (χ1n) is 6.71. The van der Waals surface area contributed by atoms with Crippen LogP contribution in [0.1, 0.15) is 0 Å². The van der Waals surface area contributed by atoms with E-state index in [0.29, 0.717) is 17.1 Å². The van der Waals surface area contributed by atoms with Gasteiger partial charge in [-0.2, -0.15) is 0 Å². The Balaban J connectivity index is 1.89. The molecule has 2 N–H and O–H groups in total. The van der Waals surface area contributed by atoms with Crippen molar-refractivity contribution in [1.82, 2.24) is 0 Å². The van der Waals surface area contributed by atoms with E-state index in [4.69, 9.17) is 4.74 Å². The van der Waals surface area contributed by atoms with Crippen LogP contribution in [0, 0.1) is 0 Å². The number of carbonyl (C=O) groups is 1. The van der Waals surface area contributed by atoms with Crippen LogP contribution in [0.3, 0.4) is 0 Å². The number of nitrogens with one attached hydrogen (secondary N) is 2. The van der Waals surface area contributed by atoms with E-state index < -0.39 is 10.0 Å². The molecule has 1 amide bonds. The standard InChI is InChI=1S/C15H14N2O4S2/c1-22-11-4-2-3-10(7-11)17-23(19,20)12-5-6-13-14(8-12)21-9-15(18)16-13/h2-8,17H,9H2,1H3,(H,16,18). The van der Waals surface area contributed by atoms with Crippen molar-refractivity contribution < 1.29 is 17.9 Å². The number of anilines is 2. The van der Waals surface area contributed by atoms with Crippen molar-refractivity contribution in [2.24, 2.45) is 0 Å². The Bertz CT molecular complexity index is 866. The van der Waals surface area contributed by atoms with Gasteiger partial charge < -0.3 is 10.1 Å². The number of hydrogen-bond acceptors (Lipinski definition) is 5. The van der Waals surface area contributed by atoms with E-state index in [-0.39, 0.29) is 17.4 Å². The lowest BCUT2D eigenvalue weighted by Gasteiger charge is -2.18. The molecule has 0 bridgehead atoms. The predicted octanol–water partition coefficient (Wildman–Crippen LogP) is 2.54. The monoisotopic (exact) mass is 350 g/mol. The molecule has 2 aromatic rings. The Morgan fingerprint density at radius 2 is 2.04 bits per heavy atom. The maximum Gasteiger partial charge on any atom is 0.262 e. The second-order valence-electron chi connectivity index (χ2n) is 4.83. The zero-order valence-corrected chi connectivity index (χ0v) is 13.8. The average Bonchev–Trinajstić information content (AvgIpc) is 2.54. The van der Waals surface area contributed by atoms with Gasteiger partial charge in [-0.3, -0.25) is 9.52 Å². The minimum Gasteiger partial charge on any atom is -0.482 e. The molecular weight excluding hydrogens is 336 g/mol.